The van der Waals surface area contributed by atoms with Crippen molar-refractivity contribution in [3.05, 3.63) is 46.0 Å². The molecule has 1 aliphatic carbocycles. The molecule has 0 radical (unpaired) electrons. The van der Waals surface area contributed by atoms with Crippen molar-refractivity contribution in [1.29, 1.82) is 0 Å². The number of carboxylic acids is 1. The molecule has 0 atom stereocenters. The van der Waals surface area contributed by atoms with Gasteiger partial charge in [-0.25, -0.2) is 4.98 Å². The van der Waals surface area contributed by atoms with Crippen LogP contribution >= 0.6 is 11.3 Å². The summed E-state index contributed by atoms with van der Waals surface area (Å²) in [6.07, 6.45) is 1.47. The Morgan fingerprint density at radius 1 is 1.25 bits per heavy atom. The van der Waals surface area contributed by atoms with Gasteiger partial charge < -0.3 is 14.4 Å². The molecule has 1 amide bonds. The largest absolute Gasteiger partial charge is 0.550 e. The molecular weight excluding hydrogens is 374 g/mol. The first-order chi connectivity index (χ1) is 13.2. The lowest BCUT2D eigenvalue weighted by Crippen LogP contribution is -2.46. The molecule has 0 bridgehead atoms. The first-order valence-electron chi connectivity index (χ1n) is 9.54. The van der Waals surface area contributed by atoms with Gasteiger partial charge in [-0.2, -0.15) is 0 Å². The second-order valence-corrected chi connectivity index (χ2v) is 9.81. The number of fused-ring (bicyclic) bond motifs is 2. The third-order valence-electron chi connectivity index (χ3n) is 6.00. The fourth-order valence-electron chi connectivity index (χ4n) is 4.47. The highest BCUT2D eigenvalue weighted by molar-refractivity contribution is 7.15. The van der Waals surface area contributed by atoms with Gasteiger partial charge in [0.25, 0.3) is 0 Å². The Hall–Kier alpha value is -2.25. The number of aromatic nitrogens is 1. The van der Waals surface area contributed by atoms with Gasteiger partial charge in [0, 0.05) is 25.9 Å². The van der Waals surface area contributed by atoms with E-state index in [1.165, 1.54) is 4.88 Å². The average Bonchev–Trinajstić information content (AvgIpc) is 3.19. The molecule has 0 fully saturated rings. The number of hydrogen-bond acceptors (Lipinski definition) is 5. The van der Waals surface area contributed by atoms with E-state index in [0.717, 1.165) is 40.8 Å². The van der Waals surface area contributed by atoms with E-state index in [4.69, 9.17) is 4.98 Å². The monoisotopic (exact) mass is 399 g/mol. The predicted molar refractivity (Wildman–Crippen MR) is 106 cm³/mol. The molecule has 28 heavy (non-hydrogen) atoms. The highest BCUT2D eigenvalue weighted by Crippen LogP contribution is 2.42. The van der Waals surface area contributed by atoms with Gasteiger partial charge in [-0.05, 0) is 24.0 Å². The summed E-state index contributed by atoms with van der Waals surface area (Å²) < 4.78 is 0.913. The molecule has 0 unspecified atom stereocenters. The summed E-state index contributed by atoms with van der Waals surface area (Å²) in [5.74, 6) is -1.38. The van der Waals surface area contributed by atoms with Gasteiger partial charge in [-0.15, -0.1) is 0 Å². The maximum absolute atomic E-state index is 13.5. The standard InChI is InChI=1S/C21H25N3O3S/c1-23(20-22-16-8-9-24(2,3)13-17(16)28-20)19(27)21(12-18(25)26)10-14-6-4-5-7-15(14)11-21/h4-7H,8-13H2,1-3H3. The molecule has 0 saturated carbocycles. The second kappa shape index (κ2) is 6.67. The number of thiazole rings is 1. The smallest absolute Gasteiger partial charge is 0.235 e. The summed E-state index contributed by atoms with van der Waals surface area (Å²) in [5.41, 5.74) is 2.16. The van der Waals surface area contributed by atoms with E-state index in [2.05, 4.69) is 14.1 Å². The molecule has 7 heteroatoms. The zero-order valence-electron chi connectivity index (χ0n) is 16.5. The summed E-state index contributed by atoms with van der Waals surface area (Å²) in [4.78, 5) is 32.5. The van der Waals surface area contributed by atoms with Crippen molar-refractivity contribution in [2.75, 3.05) is 32.6 Å². The lowest BCUT2D eigenvalue weighted by atomic mass is 9.80. The molecule has 1 aliphatic heterocycles. The maximum Gasteiger partial charge on any atom is 0.235 e. The average molecular weight is 400 g/mol. The van der Waals surface area contributed by atoms with Crippen LogP contribution in [-0.2, 0) is 35.4 Å². The number of likely N-dealkylation sites (N-methyl/N-ethyl adjacent to an activating group) is 1. The minimum absolute atomic E-state index is 0.187. The molecule has 0 spiro atoms. The normalized spacial score (nSPS) is 19.0. The van der Waals surface area contributed by atoms with Crippen molar-refractivity contribution in [3.8, 4) is 0 Å². The number of quaternary nitrogens is 1. The number of carbonyl (C=O) groups is 2. The van der Waals surface area contributed by atoms with Crippen LogP contribution in [0.1, 0.15) is 28.1 Å². The minimum Gasteiger partial charge on any atom is -0.550 e. The molecule has 148 valence electrons. The van der Waals surface area contributed by atoms with Crippen molar-refractivity contribution in [3.63, 3.8) is 0 Å². The summed E-state index contributed by atoms with van der Waals surface area (Å²) in [6.45, 7) is 1.93. The highest BCUT2D eigenvalue weighted by Gasteiger charge is 2.46. The number of hydrogen-bond donors (Lipinski definition) is 0. The van der Waals surface area contributed by atoms with Crippen LogP contribution in [-0.4, -0.2) is 49.0 Å². The number of anilines is 1. The summed E-state index contributed by atoms with van der Waals surface area (Å²) in [5, 5.41) is 12.2. The van der Waals surface area contributed by atoms with Crippen LogP contribution in [0, 0.1) is 5.41 Å². The van der Waals surface area contributed by atoms with Gasteiger partial charge in [0.05, 0.1) is 36.6 Å². The third kappa shape index (κ3) is 3.33. The first-order valence-corrected chi connectivity index (χ1v) is 10.4. The summed E-state index contributed by atoms with van der Waals surface area (Å²) in [7, 11) is 6.11. The van der Waals surface area contributed by atoms with Crippen LogP contribution in [0.4, 0.5) is 5.13 Å². The molecule has 2 heterocycles. The van der Waals surface area contributed by atoms with Crippen molar-refractivity contribution < 1.29 is 19.2 Å². The van der Waals surface area contributed by atoms with E-state index in [-0.39, 0.29) is 12.3 Å². The number of carboxylic acid groups (broad SMARTS) is 1. The Morgan fingerprint density at radius 2 is 1.89 bits per heavy atom. The van der Waals surface area contributed by atoms with Gasteiger partial charge in [0.1, 0.15) is 6.54 Å². The first kappa shape index (κ1) is 19.1. The number of nitrogens with zero attached hydrogens (tertiary/aromatic N) is 3. The van der Waals surface area contributed by atoms with Gasteiger partial charge >= 0.3 is 0 Å². The zero-order valence-corrected chi connectivity index (χ0v) is 17.3. The fraction of sp³-hybridized carbons (Fsp3) is 0.476. The molecule has 1 aromatic carbocycles. The van der Waals surface area contributed by atoms with E-state index in [0.29, 0.717) is 18.0 Å². The Kier molecular flexibility index (Phi) is 4.55. The van der Waals surface area contributed by atoms with E-state index in [9.17, 15) is 14.7 Å². The van der Waals surface area contributed by atoms with Crippen LogP contribution in [0.25, 0.3) is 0 Å². The van der Waals surface area contributed by atoms with Gasteiger partial charge in [0.15, 0.2) is 5.13 Å². The Bertz CT molecular complexity index is 925. The molecule has 2 aliphatic rings. The predicted octanol–water partition coefficient (Wildman–Crippen LogP) is 1.16. The second-order valence-electron chi connectivity index (χ2n) is 8.75. The third-order valence-corrected chi connectivity index (χ3v) is 7.16. The van der Waals surface area contributed by atoms with Crippen LogP contribution < -0.4 is 10.0 Å². The van der Waals surface area contributed by atoms with Crippen molar-refractivity contribution in [2.45, 2.75) is 32.2 Å². The van der Waals surface area contributed by atoms with E-state index in [1.54, 1.807) is 23.3 Å². The molecule has 1 aromatic heterocycles. The number of amides is 1. The van der Waals surface area contributed by atoms with Gasteiger partial charge in [0.2, 0.25) is 5.91 Å². The molecule has 4 rings (SSSR count). The number of carbonyl (C=O) groups excluding carboxylic acids is 2. The van der Waals surface area contributed by atoms with E-state index >= 15 is 0 Å². The van der Waals surface area contributed by atoms with Gasteiger partial charge in [-0.1, -0.05) is 35.6 Å². The molecule has 2 aromatic rings. The lowest BCUT2D eigenvalue weighted by molar-refractivity contribution is -0.905. The van der Waals surface area contributed by atoms with Gasteiger partial charge in [-0.3, -0.25) is 9.69 Å². The highest BCUT2D eigenvalue weighted by atomic mass is 32.1. The Labute approximate surface area is 169 Å². The quantitative estimate of drug-likeness (QED) is 0.724. The lowest BCUT2D eigenvalue weighted by Gasteiger charge is -2.32. The van der Waals surface area contributed by atoms with Crippen molar-refractivity contribution >= 4 is 28.3 Å². The number of benzene rings is 1. The van der Waals surface area contributed by atoms with E-state index in [1.807, 2.05) is 24.3 Å². The number of aliphatic carboxylic acids is 1. The molecule has 6 nitrogen and oxygen atoms in total. The Morgan fingerprint density at radius 3 is 2.50 bits per heavy atom. The summed E-state index contributed by atoms with van der Waals surface area (Å²) in [6, 6.07) is 7.80. The van der Waals surface area contributed by atoms with Crippen LogP contribution in [0.2, 0.25) is 0 Å². The SMILES string of the molecule is CN(C(=O)C1(CC(=O)[O-])Cc2ccccc2C1)c1nc2c(s1)C[N+](C)(C)CC2. The van der Waals surface area contributed by atoms with Crippen molar-refractivity contribution in [1.82, 2.24) is 4.98 Å². The van der Waals surface area contributed by atoms with E-state index < -0.39 is 11.4 Å². The maximum atomic E-state index is 13.5. The topological polar surface area (TPSA) is 73.3 Å². The molecule has 0 saturated heterocycles. The van der Waals surface area contributed by atoms with Crippen LogP contribution in [0.3, 0.4) is 0 Å². The fourth-order valence-corrected chi connectivity index (χ4v) is 5.75. The minimum atomic E-state index is -1.19. The van der Waals surface area contributed by atoms with Crippen LogP contribution in [0.5, 0.6) is 0 Å². The Balaban J connectivity index is 1.63. The van der Waals surface area contributed by atoms with Crippen LogP contribution in [0.15, 0.2) is 24.3 Å². The number of rotatable bonds is 4. The zero-order chi connectivity index (χ0) is 20.1. The molecule has 0 N–H and O–H groups in total. The molecular formula is C21H25N3O3S. The summed E-state index contributed by atoms with van der Waals surface area (Å²) >= 11 is 1.55. The van der Waals surface area contributed by atoms with Crippen molar-refractivity contribution in [2.24, 2.45) is 5.41 Å².